The number of nitrogens with one attached hydrogen (secondary N) is 1. The number of halogens is 1. The number of hydrogen-bond donors (Lipinski definition) is 2. The molecule has 0 radical (unpaired) electrons. The van der Waals surface area contributed by atoms with Crippen molar-refractivity contribution in [3.63, 3.8) is 0 Å². The number of benzene rings is 2. The first-order valence-electron chi connectivity index (χ1n) is 7.64. The number of aliphatic hydroxyl groups is 1. The molecule has 0 aliphatic carbocycles. The second kappa shape index (κ2) is 6.98. The van der Waals surface area contributed by atoms with Crippen molar-refractivity contribution in [2.45, 2.75) is 19.4 Å². The quantitative estimate of drug-likeness (QED) is 0.682. The highest BCUT2D eigenvalue weighted by Gasteiger charge is 2.07. The van der Waals surface area contributed by atoms with E-state index in [4.69, 9.17) is 11.6 Å². The summed E-state index contributed by atoms with van der Waals surface area (Å²) in [5.74, 6) is 0.208. The molecule has 0 spiro atoms. The molecule has 1 aromatic heterocycles. The fraction of sp³-hybridized carbons (Fsp3) is 0.294. The summed E-state index contributed by atoms with van der Waals surface area (Å²) in [4.78, 5) is 1.64. The molecule has 0 bridgehead atoms. The van der Waals surface area contributed by atoms with Crippen LogP contribution in [0.3, 0.4) is 0 Å². The standard InChI is InChI=1S/C17H19ClN4O/c1-2-12-3-6-14(7-4-12)22-20-16-8-5-13(9-17(16)21-22)19-11-15(23)10-18/h3-9,15,19,23H,2,10-11H2,1H3. The lowest BCUT2D eigenvalue weighted by Crippen LogP contribution is -2.20. The topological polar surface area (TPSA) is 63.0 Å². The van der Waals surface area contributed by atoms with E-state index in [0.717, 1.165) is 28.8 Å². The molecule has 5 nitrogen and oxygen atoms in total. The van der Waals surface area contributed by atoms with Gasteiger partial charge in [0.05, 0.1) is 17.7 Å². The Hall–Kier alpha value is -2.11. The summed E-state index contributed by atoms with van der Waals surface area (Å²) in [5.41, 5.74) is 4.73. The predicted molar refractivity (Wildman–Crippen MR) is 93.5 cm³/mol. The van der Waals surface area contributed by atoms with Crippen LogP contribution in [0.2, 0.25) is 0 Å². The van der Waals surface area contributed by atoms with Crippen LogP contribution in [-0.2, 0) is 6.42 Å². The molecule has 1 heterocycles. The van der Waals surface area contributed by atoms with Gasteiger partial charge in [-0.15, -0.1) is 21.8 Å². The first-order chi connectivity index (χ1) is 11.2. The molecular formula is C17H19ClN4O. The first kappa shape index (κ1) is 15.8. The van der Waals surface area contributed by atoms with Crippen LogP contribution in [-0.4, -0.2) is 38.6 Å². The van der Waals surface area contributed by atoms with Gasteiger partial charge in [-0.1, -0.05) is 19.1 Å². The number of anilines is 1. The van der Waals surface area contributed by atoms with E-state index in [1.165, 1.54) is 5.56 Å². The molecule has 1 atom stereocenters. The van der Waals surface area contributed by atoms with Crippen LogP contribution in [0.1, 0.15) is 12.5 Å². The maximum absolute atomic E-state index is 9.50. The van der Waals surface area contributed by atoms with Gasteiger partial charge in [0, 0.05) is 12.2 Å². The number of aromatic nitrogens is 3. The highest BCUT2D eigenvalue weighted by Crippen LogP contribution is 2.18. The molecule has 0 aliphatic heterocycles. The average Bonchev–Trinajstić information content (AvgIpc) is 3.03. The van der Waals surface area contributed by atoms with Gasteiger partial charge in [0.1, 0.15) is 11.0 Å². The van der Waals surface area contributed by atoms with Gasteiger partial charge < -0.3 is 10.4 Å². The fourth-order valence-electron chi connectivity index (χ4n) is 2.30. The van der Waals surface area contributed by atoms with E-state index in [2.05, 4.69) is 34.6 Å². The molecule has 2 aromatic carbocycles. The van der Waals surface area contributed by atoms with E-state index >= 15 is 0 Å². The summed E-state index contributed by atoms with van der Waals surface area (Å²) in [5, 5.41) is 21.7. The molecule has 3 aromatic rings. The summed E-state index contributed by atoms with van der Waals surface area (Å²) >= 11 is 5.59. The van der Waals surface area contributed by atoms with Crippen molar-refractivity contribution in [1.82, 2.24) is 15.0 Å². The normalized spacial score (nSPS) is 12.5. The van der Waals surface area contributed by atoms with Crippen LogP contribution >= 0.6 is 11.6 Å². The molecule has 120 valence electrons. The summed E-state index contributed by atoms with van der Waals surface area (Å²) < 4.78 is 0. The summed E-state index contributed by atoms with van der Waals surface area (Å²) in [7, 11) is 0. The Bertz CT molecular complexity index is 785. The second-order valence-corrected chi connectivity index (χ2v) is 5.71. The number of aryl methyl sites for hydroxylation is 1. The molecule has 3 rings (SSSR count). The smallest absolute Gasteiger partial charge is 0.115 e. The monoisotopic (exact) mass is 330 g/mol. The maximum atomic E-state index is 9.50. The van der Waals surface area contributed by atoms with Crippen LogP contribution < -0.4 is 5.32 Å². The number of nitrogens with zero attached hydrogens (tertiary/aromatic N) is 3. The van der Waals surface area contributed by atoms with Crippen molar-refractivity contribution >= 4 is 28.3 Å². The molecule has 0 amide bonds. The SMILES string of the molecule is CCc1ccc(-n2nc3ccc(NCC(O)CCl)cc3n2)cc1. The van der Waals surface area contributed by atoms with Crippen molar-refractivity contribution in [2.24, 2.45) is 0 Å². The second-order valence-electron chi connectivity index (χ2n) is 5.40. The Morgan fingerprint density at radius 2 is 1.87 bits per heavy atom. The van der Waals surface area contributed by atoms with Gasteiger partial charge in [-0.25, -0.2) is 0 Å². The number of alkyl halides is 1. The van der Waals surface area contributed by atoms with Crippen LogP contribution in [0.25, 0.3) is 16.7 Å². The van der Waals surface area contributed by atoms with Gasteiger partial charge in [-0.05, 0) is 42.3 Å². The van der Waals surface area contributed by atoms with Crippen molar-refractivity contribution in [1.29, 1.82) is 0 Å². The summed E-state index contributed by atoms with van der Waals surface area (Å²) in [6.45, 7) is 2.53. The summed E-state index contributed by atoms with van der Waals surface area (Å²) in [6, 6.07) is 14.0. The molecular weight excluding hydrogens is 312 g/mol. The molecule has 1 unspecified atom stereocenters. The van der Waals surface area contributed by atoms with Crippen LogP contribution in [0, 0.1) is 0 Å². The van der Waals surface area contributed by atoms with Gasteiger partial charge in [-0.3, -0.25) is 0 Å². The Labute approximate surface area is 139 Å². The number of hydrogen-bond acceptors (Lipinski definition) is 4. The van der Waals surface area contributed by atoms with Crippen molar-refractivity contribution in [2.75, 3.05) is 17.7 Å². The van der Waals surface area contributed by atoms with E-state index in [0.29, 0.717) is 6.54 Å². The van der Waals surface area contributed by atoms with Crippen LogP contribution in [0.15, 0.2) is 42.5 Å². The Morgan fingerprint density at radius 1 is 1.13 bits per heavy atom. The molecule has 0 aliphatic rings. The van der Waals surface area contributed by atoms with Crippen molar-refractivity contribution in [3.05, 3.63) is 48.0 Å². The van der Waals surface area contributed by atoms with Crippen LogP contribution in [0.5, 0.6) is 0 Å². The van der Waals surface area contributed by atoms with Gasteiger partial charge in [0.25, 0.3) is 0 Å². The minimum atomic E-state index is -0.569. The predicted octanol–water partition coefficient (Wildman–Crippen LogP) is 2.99. The highest BCUT2D eigenvalue weighted by atomic mass is 35.5. The van der Waals surface area contributed by atoms with E-state index < -0.39 is 6.10 Å². The van der Waals surface area contributed by atoms with Gasteiger partial charge in [-0.2, -0.15) is 4.80 Å². The first-order valence-corrected chi connectivity index (χ1v) is 8.17. The van der Waals surface area contributed by atoms with Crippen LogP contribution in [0.4, 0.5) is 5.69 Å². The van der Waals surface area contributed by atoms with Crippen molar-refractivity contribution < 1.29 is 5.11 Å². The largest absolute Gasteiger partial charge is 0.390 e. The van der Waals surface area contributed by atoms with E-state index in [-0.39, 0.29) is 5.88 Å². The lowest BCUT2D eigenvalue weighted by molar-refractivity contribution is 0.211. The van der Waals surface area contributed by atoms with Gasteiger partial charge in [0.2, 0.25) is 0 Å². The minimum absolute atomic E-state index is 0.208. The molecule has 2 N–H and O–H groups in total. The molecule has 6 heteroatoms. The molecule has 0 saturated heterocycles. The van der Waals surface area contributed by atoms with Gasteiger partial charge in [0.15, 0.2) is 0 Å². The lowest BCUT2D eigenvalue weighted by atomic mass is 10.2. The Morgan fingerprint density at radius 3 is 2.57 bits per heavy atom. The highest BCUT2D eigenvalue weighted by molar-refractivity contribution is 6.18. The van der Waals surface area contributed by atoms with E-state index in [9.17, 15) is 5.11 Å². The lowest BCUT2D eigenvalue weighted by Gasteiger charge is -2.09. The third-order valence-corrected chi connectivity index (χ3v) is 4.03. The molecule has 23 heavy (non-hydrogen) atoms. The minimum Gasteiger partial charge on any atom is -0.390 e. The fourth-order valence-corrected chi connectivity index (χ4v) is 2.40. The average molecular weight is 331 g/mol. The molecule has 0 saturated carbocycles. The van der Waals surface area contributed by atoms with E-state index in [1.807, 2.05) is 30.3 Å². The number of aliphatic hydroxyl groups excluding tert-OH is 1. The van der Waals surface area contributed by atoms with Gasteiger partial charge >= 0.3 is 0 Å². The summed E-state index contributed by atoms with van der Waals surface area (Å²) in [6.07, 6.45) is 0.443. The zero-order valence-electron chi connectivity index (χ0n) is 12.9. The number of rotatable bonds is 6. The van der Waals surface area contributed by atoms with Crippen molar-refractivity contribution in [3.8, 4) is 5.69 Å². The van der Waals surface area contributed by atoms with E-state index in [1.54, 1.807) is 4.80 Å². The maximum Gasteiger partial charge on any atom is 0.115 e. The third-order valence-electron chi connectivity index (χ3n) is 3.68. The Kier molecular flexibility index (Phi) is 4.79. The Balaban J connectivity index is 1.83. The molecule has 0 fully saturated rings. The third kappa shape index (κ3) is 3.63. The number of fused-ring (bicyclic) bond motifs is 1. The zero-order chi connectivity index (χ0) is 16.2. The zero-order valence-corrected chi connectivity index (χ0v) is 13.7.